The molecular formula is C14H16OPRh. The van der Waals surface area contributed by atoms with Gasteiger partial charge in [-0.25, -0.2) is 0 Å². The Kier molecular flexibility index (Phi) is 16.0. The van der Waals surface area contributed by atoms with Gasteiger partial charge in [0.2, 0.25) is 0 Å². The first kappa shape index (κ1) is 19.4. The van der Waals surface area contributed by atoms with Crippen molar-refractivity contribution in [2.75, 3.05) is 13.3 Å². The third-order valence-corrected chi connectivity index (χ3v) is 3.16. The predicted octanol–water partition coefficient (Wildman–Crippen LogP) is 3.03. The summed E-state index contributed by atoms with van der Waals surface area (Å²) in [5, 5.41) is 1.48. The normalized spacial score (nSPS) is 12.5. The van der Waals surface area contributed by atoms with Gasteiger partial charge in [-0.1, -0.05) is 38.3 Å². The SMILES string of the molecule is CP(C)c1ccccc1.[C-]#[O+].[CH]1[CH][CH][CH][CH]1.[Rh]. The summed E-state index contributed by atoms with van der Waals surface area (Å²) in [4.78, 5) is 0. The molecule has 17 heavy (non-hydrogen) atoms. The Morgan fingerprint density at radius 2 is 1.18 bits per heavy atom. The molecular weight excluding hydrogens is 318 g/mol. The zero-order valence-electron chi connectivity index (χ0n) is 9.96. The second kappa shape index (κ2) is 14.1. The van der Waals surface area contributed by atoms with Crippen LogP contribution in [-0.4, -0.2) is 13.3 Å². The number of hydrogen-bond donors (Lipinski definition) is 0. The summed E-state index contributed by atoms with van der Waals surface area (Å²) < 4.78 is 7.50. The van der Waals surface area contributed by atoms with Crippen molar-refractivity contribution in [1.82, 2.24) is 0 Å². The Morgan fingerprint density at radius 3 is 1.41 bits per heavy atom. The van der Waals surface area contributed by atoms with Crippen molar-refractivity contribution in [3.05, 3.63) is 69.1 Å². The molecule has 1 fully saturated rings. The predicted molar refractivity (Wildman–Crippen MR) is 70.3 cm³/mol. The first-order valence-corrected chi connectivity index (χ1v) is 7.14. The van der Waals surface area contributed by atoms with Gasteiger partial charge in [0.05, 0.1) is 0 Å². The average molecular weight is 334 g/mol. The number of hydrogen-bond acceptors (Lipinski definition) is 0. The molecule has 0 atom stereocenters. The quantitative estimate of drug-likeness (QED) is 0.326. The minimum absolute atomic E-state index is 0. The molecule has 3 heteroatoms. The van der Waals surface area contributed by atoms with E-state index in [-0.39, 0.29) is 27.4 Å². The van der Waals surface area contributed by atoms with Crippen molar-refractivity contribution in [2.45, 2.75) is 0 Å². The monoisotopic (exact) mass is 334 g/mol. The fraction of sp³-hybridized carbons (Fsp3) is 0.143. The van der Waals surface area contributed by atoms with Crippen LogP contribution in [0.4, 0.5) is 0 Å². The van der Waals surface area contributed by atoms with E-state index in [1.54, 1.807) is 0 Å². The molecule has 0 spiro atoms. The van der Waals surface area contributed by atoms with Crippen LogP contribution >= 0.6 is 7.92 Å². The Bertz CT molecular complexity index is 260. The number of rotatable bonds is 1. The maximum atomic E-state index is 7.50. The summed E-state index contributed by atoms with van der Waals surface area (Å²) in [6.45, 7) is 9.04. The smallest absolute Gasteiger partial charge is 0 e. The molecule has 6 radical (unpaired) electrons. The van der Waals surface area contributed by atoms with Crippen LogP contribution < -0.4 is 5.30 Å². The third-order valence-electron chi connectivity index (χ3n) is 1.83. The molecule has 0 heterocycles. The second-order valence-corrected chi connectivity index (χ2v) is 5.50. The minimum atomic E-state index is 0. The molecule has 0 bridgehead atoms. The van der Waals surface area contributed by atoms with Gasteiger partial charge in [0.15, 0.2) is 0 Å². The van der Waals surface area contributed by atoms with Gasteiger partial charge in [-0.15, -0.1) is 0 Å². The molecule has 1 aromatic carbocycles. The van der Waals surface area contributed by atoms with Gasteiger partial charge < -0.3 is 0 Å². The van der Waals surface area contributed by atoms with Crippen LogP contribution in [0.2, 0.25) is 0 Å². The number of benzene rings is 1. The van der Waals surface area contributed by atoms with Crippen LogP contribution in [0.15, 0.2) is 30.3 Å². The van der Waals surface area contributed by atoms with Gasteiger partial charge in [0, 0.05) is 19.5 Å². The van der Waals surface area contributed by atoms with E-state index in [0.717, 1.165) is 0 Å². The van der Waals surface area contributed by atoms with Crippen LogP contribution in [0.25, 0.3) is 0 Å². The molecule has 1 nitrogen and oxygen atoms in total. The molecule has 1 saturated carbocycles. The van der Waals surface area contributed by atoms with Crippen LogP contribution in [0, 0.1) is 38.8 Å². The fourth-order valence-electron chi connectivity index (χ4n) is 1.05. The molecule has 0 amide bonds. The topological polar surface area (TPSA) is 19.9 Å². The van der Waals surface area contributed by atoms with Crippen molar-refractivity contribution in [3.8, 4) is 0 Å². The van der Waals surface area contributed by atoms with Gasteiger partial charge in [-0.3, -0.25) is 0 Å². The minimum Gasteiger partial charge on any atom is -0.0312 e. The first-order chi connectivity index (χ1) is 7.80. The zero-order valence-corrected chi connectivity index (χ0v) is 12.5. The van der Waals surface area contributed by atoms with Crippen LogP contribution in [0.1, 0.15) is 0 Å². The van der Waals surface area contributed by atoms with Crippen molar-refractivity contribution >= 4 is 13.2 Å². The fourth-order valence-corrected chi connectivity index (χ4v) is 1.82. The van der Waals surface area contributed by atoms with E-state index >= 15 is 0 Å². The molecule has 92 valence electrons. The molecule has 0 saturated heterocycles. The summed E-state index contributed by atoms with van der Waals surface area (Å²) in [6, 6.07) is 10.6. The van der Waals surface area contributed by atoms with E-state index in [1.165, 1.54) is 5.30 Å². The standard InChI is InChI=1S/C8H11P.C5H5.CO.Rh/c1-9(2)8-6-4-3-5-7-8;1-2-4-5-3-1;1-2;/h3-7H,1-2H3;1-5H;;. The van der Waals surface area contributed by atoms with Gasteiger partial charge >= 0.3 is 11.3 Å². The first-order valence-electron chi connectivity index (χ1n) is 4.90. The van der Waals surface area contributed by atoms with Crippen molar-refractivity contribution in [1.29, 1.82) is 0 Å². The maximum absolute atomic E-state index is 7.50. The van der Waals surface area contributed by atoms with Crippen LogP contribution in [0.3, 0.4) is 0 Å². The zero-order chi connectivity index (χ0) is 12.2. The van der Waals surface area contributed by atoms with E-state index in [2.05, 4.69) is 50.3 Å². The summed E-state index contributed by atoms with van der Waals surface area (Å²) in [6.07, 6.45) is 10.0. The van der Waals surface area contributed by atoms with Gasteiger partial charge in [0.1, 0.15) is 0 Å². The Morgan fingerprint density at radius 1 is 0.824 bits per heavy atom. The van der Waals surface area contributed by atoms with E-state index < -0.39 is 0 Å². The van der Waals surface area contributed by atoms with Gasteiger partial charge in [-0.05, 0) is 50.7 Å². The molecule has 0 N–H and O–H groups in total. The van der Waals surface area contributed by atoms with Crippen molar-refractivity contribution < 1.29 is 24.1 Å². The molecule has 1 aliphatic rings. The van der Waals surface area contributed by atoms with E-state index in [0.29, 0.717) is 0 Å². The summed E-state index contributed by atoms with van der Waals surface area (Å²) in [5.41, 5.74) is 0. The molecule has 2 rings (SSSR count). The van der Waals surface area contributed by atoms with Crippen molar-refractivity contribution in [3.63, 3.8) is 0 Å². The van der Waals surface area contributed by atoms with Crippen LogP contribution in [-0.2, 0) is 24.1 Å². The van der Waals surface area contributed by atoms with Gasteiger partial charge in [0.25, 0.3) is 0 Å². The third kappa shape index (κ3) is 10.9. The molecule has 0 aliphatic heterocycles. The molecule has 1 aromatic rings. The van der Waals surface area contributed by atoms with Crippen LogP contribution in [0.5, 0.6) is 0 Å². The summed E-state index contributed by atoms with van der Waals surface area (Å²) in [7, 11) is 0.104. The Labute approximate surface area is 120 Å². The molecule has 0 unspecified atom stereocenters. The summed E-state index contributed by atoms with van der Waals surface area (Å²) >= 11 is 0. The van der Waals surface area contributed by atoms with Gasteiger partial charge in [-0.2, -0.15) is 0 Å². The second-order valence-electron chi connectivity index (χ2n) is 3.19. The Balaban J connectivity index is 0. The molecule has 0 aromatic heterocycles. The Hall–Kier alpha value is 0.0134. The summed E-state index contributed by atoms with van der Waals surface area (Å²) in [5.74, 6) is 0. The van der Waals surface area contributed by atoms with Crippen molar-refractivity contribution in [2.24, 2.45) is 0 Å². The largest absolute Gasteiger partial charge is 0.0312 e. The van der Waals surface area contributed by atoms with E-state index in [4.69, 9.17) is 4.65 Å². The van der Waals surface area contributed by atoms with E-state index in [9.17, 15) is 0 Å². The van der Waals surface area contributed by atoms with E-state index in [1.807, 2.05) is 32.1 Å². The molecule has 1 aliphatic carbocycles. The maximum Gasteiger partial charge on any atom is 0 e. The average Bonchev–Trinajstić information content (AvgIpc) is 2.91.